The number of aromatic nitrogens is 5. The van der Waals surface area contributed by atoms with Gasteiger partial charge < -0.3 is 0 Å². The van der Waals surface area contributed by atoms with Crippen molar-refractivity contribution in [3.8, 4) is 51.0 Å². The molecule has 8 aromatic rings. The van der Waals surface area contributed by atoms with Crippen LogP contribution in [-0.2, 0) is 5.41 Å². The van der Waals surface area contributed by atoms with Gasteiger partial charge in [0.15, 0.2) is 11.6 Å². The van der Waals surface area contributed by atoms with Gasteiger partial charge in [-0.2, -0.15) is 0 Å². The van der Waals surface area contributed by atoms with E-state index in [1.165, 1.54) is 22.3 Å². The summed E-state index contributed by atoms with van der Waals surface area (Å²) in [5.41, 5.74) is 11.6. The second-order valence-corrected chi connectivity index (χ2v) is 12.3. The third kappa shape index (κ3) is 3.95. The standard InChI is InChI=1S/C41H29N5/c1-41(2)31-21-13-12-20-29(31)30-22-23-33-36(37(30)41)38-34(25-42-39(45-38)27-16-8-4-9-17-27)46(33)35-24-32(26-14-6-3-7-15-26)43-40(44-35)28-18-10-5-11-19-28/h3-25H,1-2H3. The molecular formula is C41H29N5. The van der Waals surface area contributed by atoms with E-state index >= 15 is 0 Å². The van der Waals surface area contributed by atoms with Crippen LogP contribution < -0.4 is 0 Å². The molecule has 5 nitrogen and oxygen atoms in total. The average Bonchev–Trinajstić information content (AvgIpc) is 3.57. The van der Waals surface area contributed by atoms with Crippen LogP contribution >= 0.6 is 0 Å². The number of fused-ring (bicyclic) bond motifs is 7. The van der Waals surface area contributed by atoms with Gasteiger partial charge in [-0.25, -0.2) is 19.9 Å². The van der Waals surface area contributed by atoms with Gasteiger partial charge in [0.2, 0.25) is 0 Å². The fourth-order valence-corrected chi connectivity index (χ4v) is 7.14. The molecule has 1 aliphatic carbocycles. The monoisotopic (exact) mass is 591 g/mol. The van der Waals surface area contributed by atoms with Crippen LogP contribution in [0.3, 0.4) is 0 Å². The lowest BCUT2D eigenvalue weighted by Gasteiger charge is -2.22. The quantitative estimate of drug-likeness (QED) is 0.204. The first-order chi connectivity index (χ1) is 22.6. The Bertz CT molecular complexity index is 2370. The highest BCUT2D eigenvalue weighted by molar-refractivity contribution is 6.12. The zero-order chi connectivity index (χ0) is 30.8. The summed E-state index contributed by atoms with van der Waals surface area (Å²) in [5, 5.41) is 1.13. The molecular weight excluding hydrogens is 562 g/mol. The fourth-order valence-electron chi connectivity index (χ4n) is 7.14. The van der Waals surface area contributed by atoms with Crippen molar-refractivity contribution in [1.29, 1.82) is 0 Å². The number of nitrogens with zero attached hydrogens (tertiary/aromatic N) is 5. The summed E-state index contributed by atoms with van der Waals surface area (Å²) < 4.78 is 2.22. The molecule has 0 N–H and O–H groups in total. The second kappa shape index (κ2) is 10.0. The van der Waals surface area contributed by atoms with Crippen LogP contribution in [0.15, 0.2) is 140 Å². The van der Waals surface area contributed by atoms with Crippen molar-refractivity contribution in [2.24, 2.45) is 0 Å². The molecule has 46 heavy (non-hydrogen) atoms. The van der Waals surface area contributed by atoms with Crippen LogP contribution in [0.25, 0.3) is 72.9 Å². The lowest BCUT2D eigenvalue weighted by Crippen LogP contribution is -2.15. The van der Waals surface area contributed by atoms with E-state index in [0.29, 0.717) is 11.6 Å². The van der Waals surface area contributed by atoms with Gasteiger partial charge in [-0.3, -0.25) is 4.57 Å². The smallest absolute Gasteiger partial charge is 0.162 e. The lowest BCUT2D eigenvalue weighted by atomic mass is 9.81. The summed E-state index contributed by atoms with van der Waals surface area (Å²) in [5.74, 6) is 2.15. The summed E-state index contributed by atoms with van der Waals surface area (Å²) in [6.07, 6.45) is 1.96. The van der Waals surface area contributed by atoms with E-state index in [2.05, 4.69) is 97.3 Å². The molecule has 9 rings (SSSR count). The van der Waals surface area contributed by atoms with Crippen LogP contribution in [0.5, 0.6) is 0 Å². The van der Waals surface area contributed by atoms with Crippen LogP contribution in [-0.4, -0.2) is 24.5 Å². The highest BCUT2D eigenvalue weighted by Crippen LogP contribution is 2.53. The van der Waals surface area contributed by atoms with Crippen LogP contribution in [0.1, 0.15) is 25.0 Å². The van der Waals surface area contributed by atoms with Crippen molar-refractivity contribution < 1.29 is 0 Å². The summed E-state index contributed by atoms with van der Waals surface area (Å²) in [6, 6.07) is 46.0. The maximum Gasteiger partial charge on any atom is 0.162 e. The maximum atomic E-state index is 5.31. The predicted molar refractivity (Wildman–Crippen MR) is 186 cm³/mol. The van der Waals surface area contributed by atoms with Crippen LogP contribution in [0.2, 0.25) is 0 Å². The third-order valence-electron chi connectivity index (χ3n) is 9.26. The molecule has 3 heterocycles. The molecule has 0 amide bonds. The Labute approximate surface area is 266 Å². The van der Waals surface area contributed by atoms with E-state index in [4.69, 9.17) is 19.9 Å². The summed E-state index contributed by atoms with van der Waals surface area (Å²) >= 11 is 0. The van der Waals surface area contributed by atoms with Crippen molar-refractivity contribution in [2.75, 3.05) is 0 Å². The molecule has 0 aliphatic heterocycles. The topological polar surface area (TPSA) is 56.5 Å². The first-order valence-corrected chi connectivity index (χ1v) is 15.6. The van der Waals surface area contributed by atoms with Gasteiger partial charge >= 0.3 is 0 Å². The van der Waals surface area contributed by atoms with Crippen molar-refractivity contribution in [2.45, 2.75) is 19.3 Å². The van der Waals surface area contributed by atoms with Crippen molar-refractivity contribution in [3.05, 3.63) is 151 Å². The van der Waals surface area contributed by atoms with Gasteiger partial charge in [0.05, 0.1) is 22.9 Å². The zero-order valence-electron chi connectivity index (χ0n) is 25.5. The number of hydrogen-bond acceptors (Lipinski definition) is 4. The van der Waals surface area contributed by atoms with E-state index in [0.717, 1.165) is 50.1 Å². The highest BCUT2D eigenvalue weighted by Gasteiger charge is 2.38. The highest BCUT2D eigenvalue weighted by atomic mass is 15.1. The third-order valence-corrected chi connectivity index (χ3v) is 9.26. The summed E-state index contributed by atoms with van der Waals surface area (Å²) in [6.45, 7) is 4.65. The molecule has 0 saturated heterocycles. The maximum absolute atomic E-state index is 5.31. The number of rotatable bonds is 4. The minimum absolute atomic E-state index is 0.224. The molecule has 5 heteroatoms. The van der Waals surface area contributed by atoms with Crippen molar-refractivity contribution >= 4 is 21.9 Å². The number of benzene rings is 5. The van der Waals surface area contributed by atoms with Crippen molar-refractivity contribution in [3.63, 3.8) is 0 Å². The Balaban J connectivity index is 1.40. The predicted octanol–water partition coefficient (Wildman–Crippen LogP) is 9.67. The van der Waals surface area contributed by atoms with Crippen LogP contribution in [0, 0.1) is 0 Å². The second-order valence-electron chi connectivity index (χ2n) is 12.3. The largest absolute Gasteiger partial charge is 0.290 e. The Morgan fingerprint density at radius 2 is 1.17 bits per heavy atom. The molecule has 218 valence electrons. The van der Waals surface area contributed by atoms with E-state index in [9.17, 15) is 0 Å². The number of hydrogen-bond donors (Lipinski definition) is 0. The van der Waals surface area contributed by atoms with Gasteiger partial charge in [-0.15, -0.1) is 0 Å². The molecule has 1 aliphatic rings. The molecule has 0 spiro atoms. The minimum atomic E-state index is -0.224. The van der Waals surface area contributed by atoms with Crippen molar-refractivity contribution in [1.82, 2.24) is 24.5 Å². The first-order valence-electron chi connectivity index (χ1n) is 15.6. The molecule has 0 radical (unpaired) electrons. The molecule has 0 fully saturated rings. The van der Waals surface area contributed by atoms with E-state index in [-0.39, 0.29) is 5.41 Å². The normalized spacial score (nSPS) is 13.2. The molecule has 0 atom stereocenters. The van der Waals surface area contributed by atoms with E-state index in [1.807, 2.05) is 60.8 Å². The molecule has 3 aromatic heterocycles. The molecule has 0 unspecified atom stereocenters. The molecule has 5 aromatic carbocycles. The minimum Gasteiger partial charge on any atom is -0.290 e. The Hall–Kier alpha value is -5.94. The fraction of sp³-hybridized carbons (Fsp3) is 0.0732. The van der Waals surface area contributed by atoms with Gasteiger partial charge in [0.1, 0.15) is 11.3 Å². The van der Waals surface area contributed by atoms with E-state index in [1.54, 1.807) is 0 Å². The van der Waals surface area contributed by atoms with E-state index < -0.39 is 0 Å². The molecule has 0 saturated carbocycles. The average molecular weight is 592 g/mol. The van der Waals surface area contributed by atoms with Crippen LogP contribution in [0.4, 0.5) is 0 Å². The van der Waals surface area contributed by atoms with Gasteiger partial charge in [-0.05, 0) is 28.3 Å². The Morgan fingerprint density at radius 3 is 1.89 bits per heavy atom. The summed E-state index contributed by atoms with van der Waals surface area (Å²) in [7, 11) is 0. The molecule has 0 bridgehead atoms. The Kier molecular flexibility index (Phi) is 5.78. The Morgan fingerprint density at radius 1 is 0.543 bits per heavy atom. The first kappa shape index (κ1) is 26.5. The van der Waals surface area contributed by atoms with Gasteiger partial charge in [-0.1, -0.05) is 135 Å². The summed E-state index contributed by atoms with van der Waals surface area (Å²) in [4.78, 5) is 20.5. The SMILES string of the molecule is CC1(C)c2ccccc2-c2ccc3c(c21)c1nc(-c2ccccc2)ncc1n3-c1cc(-c2ccccc2)nc(-c2ccccc2)n1. The zero-order valence-corrected chi connectivity index (χ0v) is 25.5. The van der Waals surface area contributed by atoms with Gasteiger partial charge in [0, 0.05) is 33.6 Å². The lowest BCUT2D eigenvalue weighted by molar-refractivity contribution is 0.666. The van der Waals surface area contributed by atoms with Gasteiger partial charge in [0.25, 0.3) is 0 Å².